The van der Waals surface area contributed by atoms with E-state index in [-0.39, 0.29) is 36.9 Å². The Balaban J connectivity index is 2.17. The fourth-order valence-electron chi connectivity index (χ4n) is 3.91. The molecule has 1 aliphatic heterocycles. The molecule has 0 radical (unpaired) electrons. The van der Waals surface area contributed by atoms with Crippen LogP contribution in [0.2, 0.25) is 0 Å². The summed E-state index contributed by atoms with van der Waals surface area (Å²) in [6.45, 7) is 5.26. The Bertz CT molecular complexity index is 894. The molecule has 0 unspecified atom stereocenters. The molecule has 0 aliphatic carbocycles. The maximum atomic E-state index is 13.4. The van der Waals surface area contributed by atoms with Crippen LogP contribution in [-0.2, 0) is 27.1 Å². The standard InChI is InChI=1S/C23H34F3N5O4/c1-13(2)20(33)17(10-27)29-22(35)19(14(3)32)30-21(34)18-11-28-8-9-31(18)12-15-6-4-5-7-16(15)23(24,25)26/h4-7,13-14,17-19,28,32H,8-12,27H2,1-3H3,(H,29,35)(H,30,34)/t14-,17-,18-,19-/m0/s1. The molecule has 0 bridgehead atoms. The number of ketones is 1. The normalized spacial score (nSPS) is 19.6. The van der Waals surface area contributed by atoms with Crippen molar-refractivity contribution in [1.82, 2.24) is 20.9 Å². The lowest BCUT2D eigenvalue weighted by Gasteiger charge is -2.36. The second-order valence-electron chi connectivity index (χ2n) is 8.93. The van der Waals surface area contributed by atoms with Gasteiger partial charge < -0.3 is 26.8 Å². The zero-order chi connectivity index (χ0) is 26.3. The van der Waals surface area contributed by atoms with Gasteiger partial charge in [-0.3, -0.25) is 19.3 Å². The average molecular weight is 502 g/mol. The van der Waals surface area contributed by atoms with Crippen molar-refractivity contribution in [3.63, 3.8) is 0 Å². The van der Waals surface area contributed by atoms with Gasteiger partial charge in [-0.25, -0.2) is 0 Å². The summed E-state index contributed by atoms with van der Waals surface area (Å²) in [5.74, 6) is -2.09. The SMILES string of the molecule is CC(C)C(=O)[C@H](CN)NC(=O)[C@@H](NC(=O)[C@@H]1CNCCN1Cc1ccccc1C(F)(F)F)[C@H](C)O. The molecule has 2 amide bonds. The van der Waals surface area contributed by atoms with Gasteiger partial charge in [0.15, 0.2) is 5.78 Å². The molecule has 0 aromatic heterocycles. The molecule has 4 atom stereocenters. The number of carbonyl (C=O) groups excluding carboxylic acids is 3. The van der Waals surface area contributed by atoms with Gasteiger partial charge in [0.05, 0.1) is 17.7 Å². The molecule has 12 heteroatoms. The molecule has 1 fully saturated rings. The van der Waals surface area contributed by atoms with Crippen molar-refractivity contribution in [2.45, 2.75) is 57.7 Å². The monoisotopic (exact) mass is 501 g/mol. The van der Waals surface area contributed by atoms with E-state index in [1.165, 1.54) is 25.1 Å². The van der Waals surface area contributed by atoms with Crippen LogP contribution >= 0.6 is 0 Å². The highest BCUT2D eigenvalue weighted by molar-refractivity contribution is 5.94. The fraction of sp³-hybridized carbons (Fsp3) is 0.609. The van der Waals surface area contributed by atoms with E-state index in [2.05, 4.69) is 16.0 Å². The molecule has 1 aliphatic rings. The van der Waals surface area contributed by atoms with Crippen LogP contribution in [0, 0.1) is 5.92 Å². The van der Waals surface area contributed by atoms with E-state index in [1.54, 1.807) is 18.7 Å². The van der Waals surface area contributed by atoms with Crippen LogP contribution in [0.15, 0.2) is 24.3 Å². The predicted octanol–water partition coefficient (Wildman–Crippen LogP) is 0.0134. The van der Waals surface area contributed by atoms with Crippen LogP contribution in [0.4, 0.5) is 13.2 Å². The minimum Gasteiger partial charge on any atom is -0.391 e. The van der Waals surface area contributed by atoms with E-state index >= 15 is 0 Å². The van der Waals surface area contributed by atoms with Gasteiger partial charge in [-0.15, -0.1) is 0 Å². The van der Waals surface area contributed by atoms with Gasteiger partial charge in [0.25, 0.3) is 0 Å². The number of hydrogen-bond donors (Lipinski definition) is 5. The number of alkyl halides is 3. The molecule has 9 nitrogen and oxygen atoms in total. The smallest absolute Gasteiger partial charge is 0.391 e. The van der Waals surface area contributed by atoms with E-state index < -0.39 is 47.8 Å². The summed E-state index contributed by atoms with van der Waals surface area (Å²) >= 11 is 0. The summed E-state index contributed by atoms with van der Waals surface area (Å²) in [6, 6.07) is 1.91. The minimum absolute atomic E-state index is 0.0301. The molecule has 1 aromatic rings. The number of rotatable bonds is 10. The molecule has 196 valence electrons. The van der Waals surface area contributed by atoms with Crippen molar-refractivity contribution in [2.24, 2.45) is 11.7 Å². The maximum absolute atomic E-state index is 13.4. The van der Waals surface area contributed by atoms with Gasteiger partial charge in [-0.2, -0.15) is 13.2 Å². The van der Waals surface area contributed by atoms with Gasteiger partial charge in [-0.1, -0.05) is 32.0 Å². The van der Waals surface area contributed by atoms with Gasteiger partial charge in [0.1, 0.15) is 12.1 Å². The quantitative estimate of drug-likeness (QED) is 0.305. The number of hydrogen-bond acceptors (Lipinski definition) is 7. The van der Waals surface area contributed by atoms with Crippen molar-refractivity contribution in [3.05, 3.63) is 35.4 Å². The number of Topliss-reactive ketones (excluding diaryl/α,β-unsaturated/α-hetero) is 1. The minimum atomic E-state index is -4.54. The number of aliphatic hydroxyl groups is 1. The summed E-state index contributed by atoms with van der Waals surface area (Å²) in [5.41, 5.74) is 4.86. The van der Waals surface area contributed by atoms with E-state index in [9.17, 15) is 32.7 Å². The van der Waals surface area contributed by atoms with Crippen molar-refractivity contribution in [2.75, 3.05) is 26.2 Å². The Morgan fingerprint density at radius 1 is 1.20 bits per heavy atom. The van der Waals surface area contributed by atoms with Crippen molar-refractivity contribution < 1.29 is 32.7 Å². The van der Waals surface area contributed by atoms with Crippen LogP contribution in [0.5, 0.6) is 0 Å². The number of benzene rings is 1. The highest BCUT2D eigenvalue weighted by Gasteiger charge is 2.37. The van der Waals surface area contributed by atoms with Crippen molar-refractivity contribution in [1.29, 1.82) is 0 Å². The van der Waals surface area contributed by atoms with Crippen LogP contribution < -0.4 is 21.7 Å². The molecular weight excluding hydrogens is 467 g/mol. The number of amides is 2. The Morgan fingerprint density at radius 3 is 2.43 bits per heavy atom. The highest BCUT2D eigenvalue weighted by atomic mass is 19.4. The first-order valence-electron chi connectivity index (χ1n) is 11.5. The molecule has 0 spiro atoms. The van der Waals surface area contributed by atoms with Gasteiger partial charge in [-0.05, 0) is 18.6 Å². The summed E-state index contributed by atoms with van der Waals surface area (Å²) in [4.78, 5) is 39.7. The number of halogens is 3. The third-order valence-electron chi connectivity index (χ3n) is 5.88. The topological polar surface area (TPSA) is 137 Å². The van der Waals surface area contributed by atoms with Gasteiger partial charge >= 0.3 is 6.18 Å². The van der Waals surface area contributed by atoms with Crippen molar-refractivity contribution in [3.8, 4) is 0 Å². The Kier molecular flexibility index (Phi) is 10.2. The largest absolute Gasteiger partial charge is 0.416 e. The average Bonchev–Trinajstić information content (AvgIpc) is 2.79. The zero-order valence-electron chi connectivity index (χ0n) is 20.1. The second kappa shape index (κ2) is 12.4. The number of aliphatic hydroxyl groups excluding tert-OH is 1. The second-order valence-corrected chi connectivity index (χ2v) is 8.93. The lowest BCUT2D eigenvalue weighted by Crippen LogP contribution is -2.63. The van der Waals surface area contributed by atoms with Crippen LogP contribution in [0.3, 0.4) is 0 Å². The third kappa shape index (κ3) is 7.72. The third-order valence-corrected chi connectivity index (χ3v) is 5.88. The highest BCUT2D eigenvalue weighted by Crippen LogP contribution is 2.32. The zero-order valence-corrected chi connectivity index (χ0v) is 20.1. The predicted molar refractivity (Wildman–Crippen MR) is 123 cm³/mol. The Labute approximate surface area is 202 Å². The number of nitrogens with two attached hydrogens (primary N) is 1. The van der Waals surface area contributed by atoms with Crippen molar-refractivity contribution >= 4 is 17.6 Å². The first kappa shape index (κ1) is 28.7. The van der Waals surface area contributed by atoms with E-state index in [0.29, 0.717) is 13.1 Å². The van der Waals surface area contributed by atoms with E-state index in [1.807, 2.05) is 0 Å². The first-order chi connectivity index (χ1) is 16.4. The molecule has 1 heterocycles. The Hall–Kier alpha value is -2.54. The van der Waals surface area contributed by atoms with Crippen LogP contribution in [0.25, 0.3) is 0 Å². The lowest BCUT2D eigenvalue weighted by molar-refractivity contribution is -0.139. The van der Waals surface area contributed by atoms with Gasteiger partial charge in [0.2, 0.25) is 11.8 Å². The van der Waals surface area contributed by atoms with E-state index in [0.717, 1.165) is 6.07 Å². The molecule has 1 aromatic carbocycles. The molecule has 6 N–H and O–H groups in total. The molecular formula is C23H34F3N5O4. The summed E-state index contributed by atoms with van der Waals surface area (Å²) in [7, 11) is 0. The number of piperazine rings is 1. The van der Waals surface area contributed by atoms with E-state index in [4.69, 9.17) is 5.73 Å². The molecule has 35 heavy (non-hydrogen) atoms. The number of nitrogens with one attached hydrogen (secondary N) is 3. The summed E-state index contributed by atoms with van der Waals surface area (Å²) < 4.78 is 40.3. The molecule has 0 saturated carbocycles. The summed E-state index contributed by atoms with van der Waals surface area (Å²) in [6.07, 6.45) is -5.84. The maximum Gasteiger partial charge on any atom is 0.416 e. The van der Waals surface area contributed by atoms with Crippen LogP contribution in [0.1, 0.15) is 31.9 Å². The molecule has 1 saturated heterocycles. The number of carbonyl (C=O) groups is 3. The van der Waals surface area contributed by atoms with Crippen LogP contribution in [-0.4, -0.2) is 78.0 Å². The first-order valence-corrected chi connectivity index (χ1v) is 11.5. The fourth-order valence-corrected chi connectivity index (χ4v) is 3.91. The summed E-state index contributed by atoms with van der Waals surface area (Å²) in [5, 5.41) is 18.1. The Morgan fingerprint density at radius 2 is 1.86 bits per heavy atom. The molecule has 2 rings (SSSR count). The lowest BCUT2D eigenvalue weighted by atomic mass is 10.0. The number of nitrogens with zero attached hydrogens (tertiary/aromatic N) is 1. The van der Waals surface area contributed by atoms with Gasteiger partial charge in [0, 0.05) is 38.6 Å².